The molecule has 0 saturated heterocycles. The molecule has 3 rings (SSSR count). The van der Waals surface area contributed by atoms with E-state index in [-0.39, 0.29) is 0 Å². The molecule has 1 heterocycles. The maximum Gasteiger partial charge on any atom is 0.276 e. The van der Waals surface area contributed by atoms with Crippen molar-refractivity contribution in [2.24, 2.45) is 0 Å². The summed E-state index contributed by atoms with van der Waals surface area (Å²) in [5.41, 5.74) is 3.31. The number of thioether (sulfide) groups is 1. The number of nitrogens with zero attached hydrogens (tertiary/aromatic N) is 2. The minimum atomic E-state index is 0.469. The summed E-state index contributed by atoms with van der Waals surface area (Å²) >= 11 is 1.53. The molecular formula is C20H22N2O3S. The molecule has 6 heteroatoms. The molecule has 0 aliphatic rings. The minimum Gasteiger partial charge on any atom is -0.496 e. The zero-order valence-corrected chi connectivity index (χ0v) is 16.0. The number of para-hydroxylation sites is 1. The molecule has 0 aliphatic heterocycles. The van der Waals surface area contributed by atoms with Crippen LogP contribution < -0.4 is 9.47 Å². The molecule has 2 aromatic carbocycles. The molecule has 0 unspecified atom stereocenters. The van der Waals surface area contributed by atoms with Gasteiger partial charge in [-0.25, -0.2) is 0 Å². The van der Waals surface area contributed by atoms with Crippen molar-refractivity contribution in [3.63, 3.8) is 0 Å². The SMILES string of the molecule is COc1ccccc1-c1nnc(SCCCOc2ccc(C)c(C)c2)o1. The highest BCUT2D eigenvalue weighted by molar-refractivity contribution is 7.99. The normalized spacial score (nSPS) is 10.7. The number of rotatable bonds is 8. The number of benzene rings is 2. The number of aromatic nitrogens is 2. The van der Waals surface area contributed by atoms with Gasteiger partial charge in [0.05, 0.1) is 19.3 Å². The second kappa shape index (κ2) is 8.76. The molecule has 1 aromatic heterocycles. The quantitative estimate of drug-likeness (QED) is 0.414. The van der Waals surface area contributed by atoms with Crippen LogP contribution in [0.2, 0.25) is 0 Å². The Bertz CT molecular complexity index is 864. The average Bonchev–Trinajstić information content (AvgIpc) is 3.13. The van der Waals surface area contributed by atoms with Crippen LogP contribution in [0.4, 0.5) is 0 Å². The first-order valence-electron chi connectivity index (χ1n) is 8.47. The number of ether oxygens (including phenoxy) is 2. The summed E-state index contributed by atoms with van der Waals surface area (Å²) < 4.78 is 16.8. The lowest BCUT2D eigenvalue weighted by atomic mass is 10.1. The molecule has 0 N–H and O–H groups in total. The smallest absolute Gasteiger partial charge is 0.276 e. The predicted molar refractivity (Wildman–Crippen MR) is 103 cm³/mol. The number of methoxy groups -OCH3 is 1. The first-order chi connectivity index (χ1) is 12.7. The molecule has 5 nitrogen and oxygen atoms in total. The molecule has 0 radical (unpaired) electrons. The van der Waals surface area contributed by atoms with Gasteiger partial charge in [-0.3, -0.25) is 0 Å². The molecule has 0 atom stereocenters. The average molecular weight is 370 g/mol. The van der Waals surface area contributed by atoms with Gasteiger partial charge >= 0.3 is 0 Å². The van der Waals surface area contributed by atoms with Crippen molar-refractivity contribution in [3.8, 4) is 23.0 Å². The van der Waals surface area contributed by atoms with E-state index in [1.54, 1.807) is 7.11 Å². The van der Waals surface area contributed by atoms with Crippen molar-refractivity contribution < 1.29 is 13.9 Å². The standard InChI is InChI=1S/C20H22N2O3S/c1-14-9-10-16(13-15(14)2)24-11-6-12-26-20-22-21-19(25-20)17-7-4-5-8-18(17)23-3/h4-5,7-10,13H,6,11-12H2,1-3H3. The molecule has 3 aromatic rings. The third-order valence-corrected chi connectivity index (χ3v) is 4.91. The number of hydrogen-bond acceptors (Lipinski definition) is 6. The first kappa shape index (κ1) is 18.3. The Morgan fingerprint density at radius 2 is 1.88 bits per heavy atom. The molecule has 0 aliphatic carbocycles. The Kier molecular flexibility index (Phi) is 6.17. The van der Waals surface area contributed by atoms with E-state index in [4.69, 9.17) is 13.9 Å². The molecule has 0 fully saturated rings. The fourth-order valence-corrected chi connectivity index (χ4v) is 3.08. The number of hydrogen-bond donors (Lipinski definition) is 0. The van der Waals surface area contributed by atoms with Crippen molar-refractivity contribution in [2.75, 3.05) is 19.5 Å². The summed E-state index contributed by atoms with van der Waals surface area (Å²) in [7, 11) is 1.63. The summed E-state index contributed by atoms with van der Waals surface area (Å²) in [6.07, 6.45) is 0.893. The lowest BCUT2D eigenvalue weighted by Gasteiger charge is -2.07. The van der Waals surface area contributed by atoms with Crippen LogP contribution in [-0.4, -0.2) is 29.7 Å². The Balaban J connectivity index is 1.47. The summed E-state index contributed by atoms with van der Waals surface area (Å²) in [6, 6.07) is 13.8. The zero-order valence-electron chi connectivity index (χ0n) is 15.2. The van der Waals surface area contributed by atoms with Crippen LogP contribution in [0.15, 0.2) is 52.1 Å². The summed E-state index contributed by atoms with van der Waals surface area (Å²) in [4.78, 5) is 0. The number of aryl methyl sites for hydroxylation is 2. The van der Waals surface area contributed by atoms with E-state index >= 15 is 0 Å². The van der Waals surface area contributed by atoms with Crippen LogP contribution in [-0.2, 0) is 0 Å². The van der Waals surface area contributed by atoms with Crippen molar-refractivity contribution in [1.82, 2.24) is 10.2 Å². The third kappa shape index (κ3) is 4.58. The first-order valence-corrected chi connectivity index (χ1v) is 9.45. The fourth-order valence-electron chi connectivity index (χ4n) is 2.41. The van der Waals surface area contributed by atoms with E-state index in [1.165, 1.54) is 22.9 Å². The van der Waals surface area contributed by atoms with Crippen molar-refractivity contribution in [2.45, 2.75) is 25.5 Å². The predicted octanol–water partition coefficient (Wildman–Crippen LogP) is 4.92. The lowest BCUT2D eigenvalue weighted by Crippen LogP contribution is -1.99. The fraction of sp³-hybridized carbons (Fsp3) is 0.300. The molecule has 26 heavy (non-hydrogen) atoms. The van der Waals surface area contributed by atoms with Crippen LogP contribution in [0.3, 0.4) is 0 Å². The summed E-state index contributed by atoms with van der Waals surface area (Å²) in [5, 5.41) is 8.76. The van der Waals surface area contributed by atoms with E-state index in [2.05, 4.69) is 36.2 Å². The monoisotopic (exact) mass is 370 g/mol. The third-order valence-electron chi connectivity index (χ3n) is 4.01. The Labute approximate surface area is 157 Å². The van der Waals surface area contributed by atoms with Crippen molar-refractivity contribution >= 4 is 11.8 Å². The molecule has 136 valence electrons. The van der Waals surface area contributed by atoms with E-state index < -0.39 is 0 Å². The van der Waals surface area contributed by atoms with Crippen molar-refractivity contribution in [1.29, 1.82) is 0 Å². The molecule has 0 spiro atoms. The van der Waals surface area contributed by atoms with Gasteiger partial charge in [0.1, 0.15) is 11.5 Å². The van der Waals surface area contributed by atoms with E-state index in [9.17, 15) is 0 Å². The zero-order chi connectivity index (χ0) is 18.4. The second-order valence-electron chi connectivity index (χ2n) is 5.87. The lowest BCUT2D eigenvalue weighted by molar-refractivity contribution is 0.318. The Hall–Kier alpha value is -2.47. The summed E-state index contributed by atoms with van der Waals surface area (Å²) in [6.45, 7) is 4.84. The Morgan fingerprint density at radius 1 is 1.04 bits per heavy atom. The van der Waals surface area contributed by atoms with Crippen LogP contribution in [0, 0.1) is 13.8 Å². The highest BCUT2D eigenvalue weighted by Gasteiger charge is 2.13. The van der Waals surface area contributed by atoms with Gasteiger partial charge in [0.15, 0.2) is 0 Å². The topological polar surface area (TPSA) is 57.4 Å². The maximum absolute atomic E-state index is 5.79. The molecular weight excluding hydrogens is 348 g/mol. The van der Waals surface area contributed by atoms with E-state index in [0.29, 0.717) is 17.7 Å². The summed E-state index contributed by atoms with van der Waals surface area (Å²) in [5.74, 6) is 2.94. The molecule has 0 saturated carbocycles. The van der Waals surface area contributed by atoms with Gasteiger partial charge in [0.25, 0.3) is 11.1 Å². The van der Waals surface area contributed by atoms with Crippen LogP contribution in [0.25, 0.3) is 11.5 Å². The maximum atomic E-state index is 5.79. The van der Waals surface area contributed by atoms with Gasteiger partial charge in [-0.1, -0.05) is 30.0 Å². The van der Waals surface area contributed by atoms with Gasteiger partial charge in [-0.15, -0.1) is 10.2 Å². The van der Waals surface area contributed by atoms with Crippen LogP contribution in [0.5, 0.6) is 11.5 Å². The minimum absolute atomic E-state index is 0.469. The highest BCUT2D eigenvalue weighted by Crippen LogP contribution is 2.30. The van der Waals surface area contributed by atoms with Crippen LogP contribution in [0.1, 0.15) is 17.5 Å². The molecule has 0 amide bonds. The van der Waals surface area contributed by atoms with Crippen molar-refractivity contribution in [3.05, 3.63) is 53.6 Å². The van der Waals surface area contributed by atoms with Crippen LogP contribution >= 0.6 is 11.8 Å². The van der Waals surface area contributed by atoms with E-state index in [1.807, 2.05) is 30.3 Å². The molecule has 0 bridgehead atoms. The largest absolute Gasteiger partial charge is 0.496 e. The van der Waals surface area contributed by atoms with E-state index in [0.717, 1.165) is 29.2 Å². The highest BCUT2D eigenvalue weighted by atomic mass is 32.2. The van der Waals surface area contributed by atoms with Gasteiger partial charge in [0.2, 0.25) is 0 Å². The van der Waals surface area contributed by atoms with Gasteiger partial charge < -0.3 is 13.9 Å². The van der Waals surface area contributed by atoms with Gasteiger partial charge in [-0.2, -0.15) is 0 Å². The Morgan fingerprint density at radius 3 is 2.69 bits per heavy atom. The second-order valence-corrected chi connectivity index (χ2v) is 6.92. The van der Waals surface area contributed by atoms with Gasteiger partial charge in [-0.05, 0) is 55.7 Å². The van der Waals surface area contributed by atoms with Gasteiger partial charge in [0, 0.05) is 5.75 Å².